The van der Waals surface area contributed by atoms with Gasteiger partial charge in [-0.15, -0.1) is 11.3 Å². The molecular weight excluding hydrogens is 266 g/mol. The summed E-state index contributed by atoms with van der Waals surface area (Å²) in [5.74, 6) is 0. The van der Waals surface area contributed by atoms with Crippen LogP contribution in [-0.4, -0.2) is 16.5 Å². The summed E-state index contributed by atoms with van der Waals surface area (Å²) < 4.78 is 0. The van der Waals surface area contributed by atoms with E-state index in [1.165, 1.54) is 16.0 Å². The lowest BCUT2D eigenvalue weighted by molar-refractivity contribution is 0.575. The van der Waals surface area contributed by atoms with Crippen molar-refractivity contribution in [1.29, 1.82) is 0 Å². The van der Waals surface area contributed by atoms with Crippen LogP contribution in [0.1, 0.15) is 48.0 Å². The maximum absolute atomic E-state index is 4.72. The number of hydrogen-bond acceptors (Lipinski definition) is 4. The van der Waals surface area contributed by atoms with E-state index in [2.05, 4.69) is 51.0 Å². The van der Waals surface area contributed by atoms with Gasteiger partial charge in [0.05, 0.1) is 5.69 Å². The second-order valence-electron chi connectivity index (χ2n) is 5.32. The monoisotopic (exact) mass is 289 g/mol. The molecule has 0 bridgehead atoms. The topological polar surface area (TPSA) is 37.8 Å². The first kappa shape index (κ1) is 15.1. The van der Waals surface area contributed by atoms with Crippen LogP contribution in [-0.2, 0) is 0 Å². The average Bonchev–Trinajstić information content (AvgIpc) is 2.78. The highest BCUT2D eigenvalue weighted by molar-refractivity contribution is 7.15. The number of aryl methyl sites for hydroxylation is 3. The van der Waals surface area contributed by atoms with Crippen molar-refractivity contribution in [3.8, 4) is 10.7 Å². The Kier molecular flexibility index (Phi) is 4.89. The molecule has 0 aliphatic rings. The molecule has 0 radical (unpaired) electrons. The molecule has 2 aromatic heterocycles. The van der Waals surface area contributed by atoms with Crippen LogP contribution >= 0.6 is 11.3 Å². The lowest BCUT2D eigenvalue weighted by atomic mass is 10.2. The molecule has 20 heavy (non-hydrogen) atoms. The van der Waals surface area contributed by atoms with E-state index >= 15 is 0 Å². The Morgan fingerprint density at radius 1 is 1.30 bits per heavy atom. The second kappa shape index (κ2) is 6.46. The third-order valence-electron chi connectivity index (χ3n) is 3.34. The molecule has 0 amide bonds. The van der Waals surface area contributed by atoms with Gasteiger partial charge in [-0.05, 0) is 51.8 Å². The number of rotatable bonds is 5. The zero-order chi connectivity index (χ0) is 14.7. The Labute approximate surface area is 125 Å². The standard InChI is InChI=1S/C16H23N3S/c1-6-7-17-12(4)15-13(5)19-16(20-15)14-11(3)8-10(2)9-18-14/h8-9,12,17H,6-7H2,1-5H3. The first-order valence-electron chi connectivity index (χ1n) is 7.17. The minimum absolute atomic E-state index is 0.354. The molecule has 0 fully saturated rings. The Morgan fingerprint density at radius 2 is 2.05 bits per heavy atom. The summed E-state index contributed by atoms with van der Waals surface area (Å²) in [5, 5.41) is 4.56. The fourth-order valence-corrected chi connectivity index (χ4v) is 3.46. The van der Waals surface area contributed by atoms with Crippen molar-refractivity contribution >= 4 is 11.3 Å². The van der Waals surface area contributed by atoms with Crippen molar-refractivity contribution in [1.82, 2.24) is 15.3 Å². The fraction of sp³-hybridized carbons (Fsp3) is 0.500. The zero-order valence-corrected chi connectivity index (χ0v) is 13.8. The predicted molar refractivity (Wildman–Crippen MR) is 86.3 cm³/mol. The Bertz CT molecular complexity index is 589. The quantitative estimate of drug-likeness (QED) is 0.897. The molecule has 0 aromatic carbocycles. The summed E-state index contributed by atoms with van der Waals surface area (Å²) in [6, 6.07) is 2.52. The van der Waals surface area contributed by atoms with Gasteiger partial charge in [0.1, 0.15) is 10.7 Å². The van der Waals surface area contributed by atoms with Gasteiger partial charge in [-0.1, -0.05) is 13.0 Å². The van der Waals surface area contributed by atoms with Gasteiger partial charge in [0, 0.05) is 17.1 Å². The number of nitrogens with zero attached hydrogens (tertiary/aromatic N) is 2. The molecule has 0 saturated carbocycles. The molecule has 1 N–H and O–H groups in total. The summed E-state index contributed by atoms with van der Waals surface area (Å²) in [5.41, 5.74) is 4.51. The Balaban J connectivity index is 2.30. The van der Waals surface area contributed by atoms with Crippen LogP contribution in [0, 0.1) is 20.8 Å². The zero-order valence-electron chi connectivity index (χ0n) is 12.9. The van der Waals surface area contributed by atoms with Crippen LogP contribution in [0.2, 0.25) is 0 Å². The number of nitrogens with one attached hydrogen (secondary N) is 1. The predicted octanol–water partition coefficient (Wildman–Crippen LogP) is 4.19. The van der Waals surface area contributed by atoms with Gasteiger partial charge in [-0.2, -0.15) is 0 Å². The molecule has 2 aromatic rings. The minimum Gasteiger partial charge on any atom is -0.309 e. The highest BCUT2D eigenvalue weighted by Crippen LogP contribution is 2.32. The van der Waals surface area contributed by atoms with Crippen LogP contribution in [0.25, 0.3) is 10.7 Å². The van der Waals surface area contributed by atoms with Gasteiger partial charge >= 0.3 is 0 Å². The molecule has 0 aliphatic carbocycles. The van der Waals surface area contributed by atoms with Crippen LogP contribution in [0.3, 0.4) is 0 Å². The fourth-order valence-electron chi connectivity index (χ4n) is 2.30. The van der Waals surface area contributed by atoms with E-state index in [9.17, 15) is 0 Å². The molecule has 2 heterocycles. The van der Waals surface area contributed by atoms with Gasteiger partial charge in [0.25, 0.3) is 0 Å². The molecular formula is C16H23N3S. The summed E-state index contributed by atoms with van der Waals surface area (Å²) in [6.45, 7) is 11.7. The van der Waals surface area contributed by atoms with Crippen LogP contribution in [0.4, 0.5) is 0 Å². The third-order valence-corrected chi connectivity index (χ3v) is 4.69. The highest BCUT2D eigenvalue weighted by Gasteiger charge is 2.16. The van der Waals surface area contributed by atoms with Gasteiger partial charge in [-0.25, -0.2) is 4.98 Å². The van der Waals surface area contributed by atoms with E-state index in [0.29, 0.717) is 6.04 Å². The summed E-state index contributed by atoms with van der Waals surface area (Å²) in [4.78, 5) is 10.6. The number of pyridine rings is 1. The van der Waals surface area contributed by atoms with Crippen molar-refractivity contribution in [3.63, 3.8) is 0 Å². The SMILES string of the molecule is CCCNC(C)c1sc(-c2ncc(C)cc2C)nc1C. The van der Waals surface area contributed by atoms with E-state index < -0.39 is 0 Å². The second-order valence-corrected chi connectivity index (χ2v) is 6.35. The van der Waals surface area contributed by atoms with E-state index in [-0.39, 0.29) is 0 Å². The molecule has 0 aliphatic heterocycles. The lowest BCUT2D eigenvalue weighted by Crippen LogP contribution is -2.18. The Hall–Kier alpha value is -1.26. The number of thiazole rings is 1. The van der Waals surface area contributed by atoms with Crippen LogP contribution in [0.5, 0.6) is 0 Å². The van der Waals surface area contributed by atoms with Gasteiger partial charge in [0.15, 0.2) is 0 Å². The first-order chi connectivity index (χ1) is 9.52. The van der Waals surface area contributed by atoms with E-state index in [0.717, 1.165) is 29.4 Å². The number of hydrogen-bond donors (Lipinski definition) is 1. The Morgan fingerprint density at radius 3 is 2.70 bits per heavy atom. The van der Waals surface area contributed by atoms with Crippen molar-refractivity contribution in [2.45, 2.75) is 47.1 Å². The average molecular weight is 289 g/mol. The maximum Gasteiger partial charge on any atom is 0.142 e. The van der Waals surface area contributed by atoms with Crippen molar-refractivity contribution in [3.05, 3.63) is 34.0 Å². The van der Waals surface area contributed by atoms with Crippen LogP contribution in [0.15, 0.2) is 12.3 Å². The lowest BCUT2D eigenvalue weighted by Gasteiger charge is -2.11. The summed E-state index contributed by atoms with van der Waals surface area (Å²) >= 11 is 1.76. The van der Waals surface area contributed by atoms with E-state index in [1.54, 1.807) is 11.3 Å². The molecule has 4 heteroatoms. The highest BCUT2D eigenvalue weighted by atomic mass is 32.1. The molecule has 1 unspecified atom stereocenters. The van der Waals surface area contributed by atoms with Crippen molar-refractivity contribution in [2.24, 2.45) is 0 Å². The van der Waals surface area contributed by atoms with Gasteiger partial charge in [0.2, 0.25) is 0 Å². The summed E-state index contributed by atoms with van der Waals surface area (Å²) in [7, 11) is 0. The number of aromatic nitrogens is 2. The maximum atomic E-state index is 4.72. The smallest absolute Gasteiger partial charge is 0.142 e. The van der Waals surface area contributed by atoms with Crippen molar-refractivity contribution < 1.29 is 0 Å². The van der Waals surface area contributed by atoms with Crippen LogP contribution < -0.4 is 5.32 Å². The molecule has 108 valence electrons. The largest absolute Gasteiger partial charge is 0.309 e. The molecule has 0 spiro atoms. The van der Waals surface area contributed by atoms with E-state index in [4.69, 9.17) is 4.98 Å². The minimum atomic E-state index is 0.354. The van der Waals surface area contributed by atoms with E-state index in [1.807, 2.05) is 6.20 Å². The molecule has 1 atom stereocenters. The molecule has 2 rings (SSSR count). The van der Waals surface area contributed by atoms with Gasteiger partial charge < -0.3 is 5.32 Å². The van der Waals surface area contributed by atoms with Crippen molar-refractivity contribution in [2.75, 3.05) is 6.54 Å². The van der Waals surface area contributed by atoms with Gasteiger partial charge in [-0.3, -0.25) is 4.98 Å². The summed E-state index contributed by atoms with van der Waals surface area (Å²) in [6.07, 6.45) is 3.06. The third kappa shape index (κ3) is 3.25. The molecule has 0 saturated heterocycles. The normalized spacial score (nSPS) is 12.7. The first-order valence-corrected chi connectivity index (χ1v) is 7.99. The molecule has 3 nitrogen and oxygen atoms in total.